The number of hydrogen-bond donors (Lipinski definition) is 2. The second-order valence-corrected chi connectivity index (χ2v) is 6.06. The Bertz CT molecular complexity index is 320. The molecule has 0 aliphatic heterocycles. The number of nitrogens with zero attached hydrogens (tertiary/aromatic N) is 1. The summed E-state index contributed by atoms with van der Waals surface area (Å²) in [5.41, 5.74) is 5.04. The van der Waals surface area contributed by atoms with Crippen molar-refractivity contribution >= 4 is 15.9 Å². The minimum absolute atomic E-state index is 0.353. The molecule has 0 atom stereocenters. The van der Waals surface area contributed by atoms with Crippen LogP contribution in [0.3, 0.4) is 0 Å². The van der Waals surface area contributed by atoms with E-state index in [1.54, 1.807) is 13.8 Å². The molecule has 0 heterocycles. The van der Waals surface area contributed by atoms with Gasteiger partial charge in [-0.2, -0.15) is 0 Å². The van der Waals surface area contributed by atoms with Gasteiger partial charge in [-0.1, -0.05) is 6.92 Å². The number of nitrogens with two attached hydrogens (primary N) is 1. The molecule has 6 heteroatoms. The SMILES string of the molecule is CCCC(N)=NCC(C)(C)NS(C)(=O)=O. The average molecular weight is 235 g/mol. The van der Waals surface area contributed by atoms with Gasteiger partial charge in [0.1, 0.15) is 0 Å². The fourth-order valence-corrected chi connectivity index (χ4v) is 2.24. The topological polar surface area (TPSA) is 84.5 Å². The quantitative estimate of drug-likeness (QED) is 0.518. The van der Waals surface area contributed by atoms with Crippen LogP contribution in [-0.2, 0) is 10.0 Å². The van der Waals surface area contributed by atoms with Crippen LogP contribution in [0.1, 0.15) is 33.6 Å². The molecule has 0 fully saturated rings. The van der Waals surface area contributed by atoms with Gasteiger partial charge in [-0.15, -0.1) is 0 Å². The van der Waals surface area contributed by atoms with Crippen molar-refractivity contribution in [1.82, 2.24) is 4.72 Å². The highest BCUT2D eigenvalue weighted by molar-refractivity contribution is 7.88. The first-order valence-electron chi connectivity index (χ1n) is 4.94. The predicted octanol–water partition coefficient (Wildman–Crippen LogP) is 0.472. The number of hydrogen-bond acceptors (Lipinski definition) is 3. The smallest absolute Gasteiger partial charge is 0.209 e. The average Bonchev–Trinajstić information content (AvgIpc) is 1.97. The monoisotopic (exact) mass is 235 g/mol. The lowest BCUT2D eigenvalue weighted by atomic mass is 10.1. The summed E-state index contributed by atoms with van der Waals surface area (Å²) < 4.78 is 24.6. The molecular formula is C9H21N3O2S. The van der Waals surface area contributed by atoms with E-state index in [4.69, 9.17) is 5.73 Å². The van der Waals surface area contributed by atoms with Crippen LogP contribution < -0.4 is 10.5 Å². The minimum atomic E-state index is -3.20. The zero-order chi connectivity index (χ0) is 12.1. The molecule has 0 aromatic carbocycles. The van der Waals surface area contributed by atoms with E-state index in [1.807, 2.05) is 6.92 Å². The normalized spacial score (nSPS) is 14.3. The van der Waals surface area contributed by atoms with E-state index in [9.17, 15) is 8.42 Å². The molecule has 0 bridgehead atoms. The lowest BCUT2D eigenvalue weighted by Crippen LogP contribution is -2.45. The van der Waals surface area contributed by atoms with Crippen LogP contribution in [0, 0.1) is 0 Å². The van der Waals surface area contributed by atoms with Gasteiger partial charge in [-0.05, 0) is 20.3 Å². The third-order valence-electron chi connectivity index (χ3n) is 1.65. The van der Waals surface area contributed by atoms with Crippen LogP contribution in [0.2, 0.25) is 0 Å². The molecule has 0 saturated carbocycles. The summed E-state index contributed by atoms with van der Waals surface area (Å²) in [6, 6.07) is 0. The summed E-state index contributed by atoms with van der Waals surface area (Å²) in [5.74, 6) is 0.570. The highest BCUT2D eigenvalue weighted by atomic mass is 32.2. The Balaban J connectivity index is 4.33. The van der Waals surface area contributed by atoms with Crippen molar-refractivity contribution < 1.29 is 8.42 Å². The van der Waals surface area contributed by atoms with Crippen molar-refractivity contribution in [3.63, 3.8) is 0 Å². The fourth-order valence-electron chi connectivity index (χ4n) is 1.17. The molecule has 15 heavy (non-hydrogen) atoms. The highest BCUT2D eigenvalue weighted by Gasteiger charge is 2.21. The van der Waals surface area contributed by atoms with Gasteiger partial charge in [0.25, 0.3) is 0 Å². The summed E-state index contributed by atoms with van der Waals surface area (Å²) in [7, 11) is -3.20. The molecule has 5 nitrogen and oxygen atoms in total. The Morgan fingerprint density at radius 3 is 2.40 bits per heavy atom. The molecule has 0 saturated heterocycles. The summed E-state index contributed by atoms with van der Waals surface area (Å²) >= 11 is 0. The van der Waals surface area contributed by atoms with Crippen LogP contribution in [0.15, 0.2) is 4.99 Å². The van der Waals surface area contributed by atoms with Crippen molar-refractivity contribution in [2.75, 3.05) is 12.8 Å². The highest BCUT2D eigenvalue weighted by Crippen LogP contribution is 2.04. The van der Waals surface area contributed by atoms with Crippen molar-refractivity contribution in [3.8, 4) is 0 Å². The molecule has 0 unspecified atom stereocenters. The zero-order valence-corrected chi connectivity index (χ0v) is 10.7. The summed E-state index contributed by atoms with van der Waals surface area (Å²) in [6.07, 6.45) is 2.82. The second-order valence-electron chi connectivity index (χ2n) is 4.32. The Hall–Kier alpha value is -0.620. The Morgan fingerprint density at radius 1 is 1.47 bits per heavy atom. The molecule has 0 amide bonds. The van der Waals surface area contributed by atoms with Crippen molar-refractivity contribution in [2.24, 2.45) is 10.7 Å². The van der Waals surface area contributed by atoms with E-state index in [0.717, 1.165) is 19.1 Å². The molecule has 0 spiro atoms. The van der Waals surface area contributed by atoms with E-state index < -0.39 is 15.6 Å². The maximum Gasteiger partial charge on any atom is 0.209 e. The largest absolute Gasteiger partial charge is 0.387 e. The van der Waals surface area contributed by atoms with Crippen LogP contribution >= 0.6 is 0 Å². The lowest BCUT2D eigenvalue weighted by molar-refractivity contribution is 0.465. The fraction of sp³-hybridized carbons (Fsp3) is 0.889. The van der Waals surface area contributed by atoms with Crippen LogP contribution in [-0.4, -0.2) is 32.6 Å². The first-order valence-corrected chi connectivity index (χ1v) is 6.83. The molecule has 0 aliphatic carbocycles. The molecular weight excluding hydrogens is 214 g/mol. The molecule has 3 N–H and O–H groups in total. The maximum absolute atomic E-state index is 11.0. The molecule has 0 radical (unpaired) electrons. The first kappa shape index (κ1) is 14.4. The van der Waals surface area contributed by atoms with E-state index in [2.05, 4.69) is 9.71 Å². The summed E-state index contributed by atoms with van der Waals surface area (Å²) in [4.78, 5) is 4.14. The lowest BCUT2D eigenvalue weighted by Gasteiger charge is -2.22. The standard InChI is InChI=1S/C9H21N3O2S/c1-5-6-8(10)11-7-9(2,3)12-15(4,13)14/h12H,5-7H2,1-4H3,(H2,10,11). The minimum Gasteiger partial charge on any atom is -0.387 e. The number of rotatable bonds is 6. The number of aliphatic imine (C=N–C) groups is 1. The van der Waals surface area contributed by atoms with E-state index in [1.165, 1.54) is 0 Å². The van der Waals surface area contributed by atoms with Gasteiger partial charge in [0, 0.05) is 12.0 Å². The van der Waals surface area contributed by atoms with E-state index in [-0.39, 0.29) is 0 Å². The molecule has 0 aromatic heterocycles. The van der Waals surface area contributed by atoms with Gasteiger partial charge < -0.3 is 5.73 Å². The van der Waals surface area contributed by atoms with Gasteiger partial charge >= 0.3 is 0 Å². The van der Waals surface area contributed by atoms with Gasteiger partial charge in [-0.25, -0.2) is 13.1 Å². The van der Waals surface area contributed by atoms with Crippen LogP contribution in [0.5, 0.6) is 0 Å². The van der Waals surface area contributed by atoms with E-state index in [0.29, 0.717) is 12.4 Å². The third kappa shape index (κ3) is 8.38. The maximum atomic E-state index is 11.0. The summed E-state index contributed by atoms with van der Waals surface area (Å²) in [5, 5.41) is 0. The van der Waals surface area contributed by atoms with E-state index >= 15 is 0 Å². The first-order chi connectivity index (χ1) is 6.66. The van der Waals surface area contributed by atoms with Crippen LogP contribution in [0.25, 0.3) is 0 Å². The number of amidine groups is 1. The van der Waals surface area contributed by atoms with Crippen LogP contribution in [0.4, 0.5) is 0 Å². The van der Waals surface area contributed by atoms with Gasteiger partial charge in [0.2, 0.25) is 10.0 Å². The van der Waals surface area contributed by atoms with Gasteiger partial charge in [0.05, 0.1) is 18.6 Å². The Morgan fingerprint density at radius 2 is 2.00 bits per heavy atom. The molecule has 0 aromatic rings. The summed E-state index contributed by atoms with van der Waals surface area (Å²) in [6.45, 7) is 5.92. The van der Waals surface area contributed by atoms with Gasteiger partial charge in [-0.3, -0.25) is 4.99 Å². The van der Waals surface area contributed by atoms with Crippen molar-refractivity contribution in [3.05, 3.63) is 0 Å². The van der Waals surface area contributed by atoms with Crippen molar-refractivity contribution in [1.29, 1.82) is 0 Å². The zero-order valence-electron chi connectivity index (χ0n) is 9.87. The Labute approximate surface area is 92.2 Å². The predicted molar refractivity (Wildman–Crippen MR) is 63.5 cm³/mol. The van der Waals surface area contributed by atoms with Crippen molar-refractivity contribution in [2.45, 2.75) is 39.2 Å². The molecule has 0 aliphatic rings. The number of sulfonamides is 1. The molecule has 0 rings (SSSR count). The second kappa shape index (κ2) is 5.46. The third-order valence-corrected chi connectivity index (χ3v) is 2.57. The van der Waals surface area contributed by atoms with Gasteiger partial charge in [0.15, 0.2) is 0 Å². The molecule has 90 valence electrons. The number of nitrogens with one attached hydrogen (secondary N) is 1. The Kier molecular flexibility index (Phi) is 5.23.